The van der Waals surface area contributed by atoms with Gasteiger partial charge >= 0.3 is 13.3 Å². The second-order valence-electron chi connectivity index (χ2n) is 7.44. The Morgan fingerprint density at radius 3 is 2.33 bits per heavy atom. The summed E-state index contributed by atoms with van der Waals surface area (Å²) in [7, 11) is -3.85. The van der Waals surface area contributed by atoms with Crippen LogP contribution in [0.5, 0.6) is 0 Å². The summed E-state index contributed by atoms with van der Waals surface area (Å²) in [4.78, 5) is 39.7. The Morgan fingerprint density at radius 1 is 1.15 bits per heavy atom. The predicted octanol–water partition coefficient (Wildman–Crippen LogP) is -2.30. The number of hydrogen-bond donors (Lipinski definition) is 5. The van der Waals surface area contributed by atoms with Crippen molar-refractivity contribution in [3.63, 3.8) is 0 Å². The SMILES string of the molecule is CCOP(=O)(CN(C[C@H]1OC(O)[C@H](O)[C@@H](O)[C@H]1O)C(=O)Cn1cc(C)c(=O)[nH]c1=O)OCC. The van der Waals surface area contributed by atoms with E-state index in [2.05, 4.69) is 4.98 Å². The number of H-pyrrole nitrogens is 1. The molecule has 0 spiro atoms. The highest BCUT2D eigenvalue weighted by atomic mass is 31.2. The highest BCUT2D eigenvalue weighted by Crippen LogP contribution is 2.48. The first kappa shape index (κ1) is 27.3. The lowest BCUT2D eigenvalue weighted by atomic mass is 9.98. The van der Waals surface area contributed by atoms with E-state index in [0.29, 0.717) is 0 Å². The molecular weight excluding hydrogens is 465 g/mol. The molecule has 1 aliphatic rings. The molecule has 5 atom stereocenters. The molecule has 2 heterocycles. The average Bonchev–Trinajstić information content (AvgIpc) is 2.74. The minimum absolute atomic E-state index is 0.00403. The number of aliphatic hydroxyl groups excluding tert-OH is 4. The summed E-state index contributed by atoms with van der Waals surface area (Å²) >= 11 is 0. The van der Waals surface area contributed by atoms with E-state index in [9.17, 15) is 39.4 Å². The van der Waals surface area contributed by atoms with Crippen molar-refractivity contribution in [1.82, 2.24) is 14.5 Å². The Hall–Kier alpha value is -1.90. The summed E-state index contributed by atoms with van der Waals surface area (Å²) in [6.45, 7) is 3.52. The van der Waals surface area contributed by atoms with Crippen LogP contribution >= 0.6 is 7.60 Å². The number of aliphatic hydroxyl groups is 4. The Kier molecular flexibility index (Phi) is 9.52. The van der Waals surface area contributed by atoms with Gasteiger partial charge in [-0.05, 0) is 20.8 Å². The molecule has 14 nitrogen and oxygen atoms in total. The van der Waals surface area contributed by atoms with Crippen LogP contribution in [0.15, 0.2) is 15.8 Å². The van der Waals surface area contributed by atoms with Gasteiger partial charge < -0.3 is 39.1 Å². The van der Waals surface area contributed by atoms with E-state index >= 15 is 0 Å². The number of aromatic amines is 1. The zero-order chi connectivity index (χ0) is 24.9. The molecule has 1 fully saturated rings. The van der Waals surface area contributed by atoms with Gasteiger partial charge in [0.05, 0.1) is 19.8 Å². The number of carbonyl (C=O) groups is 1. The van der Waals surface area contributed by atoms with Crippen LogP contribution < -0.4 is 11.2 Å². The van der Waals surface area contributed by atoms with E-state index in [0.717, 1.165) is 9.47 Å². The number of aryl methyl sites for hydroxylation is 1. The van der Waals surface area contributed by atoms with Crippen LogP contribution in [0.4, 0.5) is 0 Å². The van der Waals surface area contributed by atoms with Crippen molar-refractivity contribution in [2.24, 2.45) is 0 Å². The van der Waals surface area contributed by atoms with Crippen LogP contribution in [0.25, 0.3) is 0 Å². The highest BCUT2D eigenvalue weighted by Gasteiger charge is 2.44. The molecule has 0 bridgehead atoms. The van der Waals surface area contributed by atoms with E-state index in [4.69, 9.17) is 13.8 Å². The lowest BCUT2D eigenvalue weighted by Gasteiger charge is -2.40. The number of rotatable bonds is 10. The van der Waals surface area contributed by atoms with E-state index in [1.54, 1.807) is 13.8 Å². The molecule has 0 aliphatic carbocycles. The van der Waals surface area contributed by atoms with E-state index in [1.807, 2.05) is 0 Å². The molecule has 0 saturated carbocycles. The summed E-state index contributed by atoms with van der Waals surface area (Å²) in [5.41, 5.74) is -1.29. The Bertz CT molecular complexity index is 970. The number of ether oxygens (including phenoxy) is 1. The quantitative estimate of drug-likeness (QED) is 0.219. The molecule has 1 aromatic rings. The summed E-state index contributed by atoms with van der Waals surface area (Å²) in [6.07, 6.45) is -7.89. The Labute approximate surface area is 188 Å². The lowest BCUT2D eigenvalue weighted by Crippen LogP contribution is -2.60. The fourth-order valence-corrected chi connectivity index (χ4v) is 4.96. The monoisotopic (exact) mass is 495 g/mol. The molecule has 1 unspecified atom stereocenters. The van der Waals surface area contributed by atoms with Crippen LogP contribution in [-0.2, 0) is 29.7 Å². The summed E-state index contributed by atoms with van der Waals surface area (Å²) in [5, 5.41) is 39.6. The maximum Gasteiger partial charge on any atom is 0.349 e. The van der Waals surface area contributed by atoms with Crippen LogP contribution in [0.1, 0.15) is 19.4 Å². The van der Waals surface area contributed by atoms with Gasteiger partial charge in [0.15, 0.2) is 6.29 Å². The van der Waals surface area contributed by atoms with Gasteiger partial charge in [0.1, 0.15) is 37.2 Å². The second-order valence-corrected chi connectivity index (χ2v) is 9.46. The molecular formula is C18H30N3O11P. The number of amides is 1. The van der Waals surface area contributed by atoms with Crippen molar-refractivity contribution in [1.29, 1.82) is 0 Å². The van der Waals surface area contributed by atoms with E-state index in [-0.39, 0.29) is 18.8 Å². The number of aromatic nitrogens is 2. The molecule has 33 heavy (non-hydrogen) atoms. The molecule has 0 aromatic carbocycles. The molecule has 188 valence electrons. The lowest BCUT2D eigenvalue weighted by molar-refractivity contribution is -0.283. The minimum atomic E-state index is -3.85. The van der Waals surface area contributed by atoms with Crippen LogP contribution in [0.3, 0.4) is 0 Å². The largest absolute Gasteiger partial charge is 0.388 e. The third kappa shape index (κ3) is 6.80. The van der Waals surface area contributed by atoms with Gasteiger partial charge in [0.25, 0.3) is 5.56 Å². The first-order valence-electron chi connectivity index (χ1n) is 10.3. The number of nitrogens with one attached hydrogen (secondary N) is 1. The van der Waals surface area contributed by atoms with Crippen molar-refractivity contribution in [2.75, 3.05) is 26.0 Å². The highest BCUT2D eigenvalue weighted by molar-refractivity contribution is 7.53. The normalized spacial score (nSPS) is 25.7. The molecule has 1 amide bonds. The Morgan fingerprint density at radius 2 is 1.76 bits per heavy atom. The predicted molar refractivity (Wildman–Crippen MR) is 112 cm³/mol. The minimum Gasteiger partial charge on any atom is -0.388 e. The van der Waals surface area contributed by atoms with Crippen LogP contribution in [-0.4, -0.2) is 97.5 Å². The zero-order valence-corrected chi connectivity index (χ0v) is 19.4. The van der Waals surface area contributed by atoms with E-state index in [1.165, 1.54) is 13.1 Å². The molecule has 5 N–H and O–H groups in total. The van der Waals surface area contributed by atoms with E-state index < -0.39 is 74.8 Å². The second kappa shape index (κ2) is 11.5. The van der Waals surface area contributed by atoms with Crippen molar-refractivity contribution >= 4 is 13.5 Å². The average molecular weight is 495 g/mol. The first-order valence-corrected chi connectivity index (χ1v) is 12.0. The van der Waals surface area contributed by atoms with Gasteiger partial charge in [-0.2, -0.15) is 0 Å². The fourth-order valence-electron chi connectivity index (χ4n) is 3.24. The molecule has 15 heteroatoms. The summed E-state index contributed by atoms with van der Waals surface area (Å²) < 4.78 is 29.5. The van der Waals surface area contributed by atoms with Gasteiger partial charge in [0.2, 0.25) is 5.91 Å². The number of nitrogens with zero attached hydrogens (tertiary/aromatic N) is 2. The topological polar surface area (TPSA) is 201 Å². The van der Waals surface area contributed by atoms with Gasteiger partial charge in [-0.25, -0.2) is 4.79 Å². The zero-order valence-electron chi connectivity index (χ0n) is 18.5. The van der Waals surface area contributed by atoms with Gasteiger partial charge in [0, 0.05) is 11.8 Å². The first-order chi connectivity index (χ1) is 15.4. The van der Waals surface area contributed by atoms with Crippen molar-refractivity contribution in [2.45, 2.75) is 58.0 Å². The third-order valence-electron chi connectivity index (χ3n) is 4.93. The van der Waals surface area contributed by atoms with Crippen molar-refractivity contribution in [3.05, 3.63) is 32.6 Å². The standard InChI is InChI=1S/C18H30N3O11P/c1-4-30-33(29,31-5-2)9-21(7-11-13(23)14(24)15(25)17(27)32-11)12(22)8-20-6-10(3)16(26)19-18(20)28/h6,11,13-15,17,23-25,27H,4-5,7-9H2,1-3H3,(H,19,26,28)/t11-,13+,14+,15-,17?/m1/s1. The van der Waals surface area contributed by atoms with Crippen molar-refractivity contribution in [3.8, 4) is 0 Å². The Balaban J connectivity index is 2.34. The maximum absolute atomic E-state index is 13.1. The summed E-state index contributed by atoms with van der Waals surface area (Å²) in [6, 6.07) is 0. The van der Waals surface area contributed by atoms with Crippen molar-refractivity contribution < 1.29 is 43.6 Å². The van der Waals surface area contributed by atoms with Gasteiger partial charge in [-0.3, -0.25) is 23.7 Å². The number of carbonyl (C=O) groups excluding carboxylic acids is 1. The van der Waals surface area contributed by atoms with Crippen LogP contribution in [0, 0.1) is 6.92 Å². The number of hydrogen-bond acceptors (Lipinski definition) is 11. The third-order valence-corrected chi connectivity index (χ3v) is 6.92. The smallest absolute Gasteiger partial charge is 0.349 e. The molecule has 1 saturated heterocycles. The molecule has 0 radical (unpaired) electrons. The maximum atomic E-state index is 13.1. The van der Waals surface area contributed by atoms with Gasteiger partial charge in [-0.1, -0.05) is 0 Å². The van der Waals surface area contributed by atoms with Crippen LogP contribution in [0.2, 0.25) is 0 Å². The molecule has 2 rings (SSSR count). The molecule has 1 aliphatic heterocycles. The summed E-state index contributed by atoms with van der Waals surface area (Å²) in [5.74, 6) is -0.783. The van der Waals surface area contributed by atoms with Gasteiger partial charge in [-0.15, -0.1) is 0 Å². The molecule has 1 aromatic heterocycles. The fraction of sp³-hybridized carbons (Fsp3) is 0.722.